The van der Waals surface area contributed by atoms with Crippen LogP contribution in [0.1, 0.15) is 0 Å². The van der Waals surface area contributed by atoms with Gasteiger partial charge in [-0.25, -0.2) is 0 Å². The van der Waals surface area contributed by atoms with Gasteiger partial charge in [-0.2, -0.15) is 0 Å². The molecule has 0 fully saturated rings. The largest absolute Gasteiger partial charge is 0.458 e. The van der Waals surface area contributed by atoms with Crippen molar-refractivity contribution in [3.8, 4) is 23.0 Å². The molecule has 0 saturated carbocycles. The molecule has 5 aromatic rings. The van der Waals surface area contributed by atoms with Gasteiger partial charge in [0.25, 0.3) is 6.71 Å². The standard InChI is InChI=1S/C30H20BNO2/c1-3-10-21(11-4-1)32(22-12-5-2-6-13-22)23-18-19-25-29(20-23)34-28-17-9-16-27-30(28)31(25)24-14-7-8-15-26(24)33-27/h1-20H. The van der Waals surface area contributed by atoms with E-state index in [0.717, 1.165) is 51.0 Å². The summed E-state index contributed by atoms with van der Waals surface area (Å²) in [5, 5.41) is 0. The predicted molar refractivity (Wildman–Crippen MR) is 139 cm³/mol. The van der Waals surface area contributed by atoms with Gasteiger partial charge >= 0.3 is 0 Å². The first-order valence-corrected chi connectivity index (χ1v) is 11.5. The number of fused-ring (bicyclic) bond motifs is 4. The highest BCUT2D eigenvalue weighted by molar-refractivity contribution is 6.98. The number of ether oxygens (including phenoxy) is 2. The first-order chi connectivity index (χ1) is 16.9. The van der Waals surface area contributed by atoms with Gasteiger partial charge in [0.2, 0.25) is 0 Å². The fourth-order valence-corrected chi connectivity index (χ4v) is 5.10. The van der Waals surface area contributed by atoms with Crippen molar-refractivity contribution in [3.05, 3.63) is 121 Å². The molecule has 0 aromatic heterocycles. The number of hydrogen-bond donors (Lipinski definition) is 0. The molecular formula is C30H20BNO2. The Morgan fingerprint density at radius 3 is 1.71 bits per heavy atom. The number of anilines is 3. The Bertz CT molecular complexity index is 1480. The maximum atomic E-state index is 6.50. The first-order valence-electron chi connectivity index (χ1n) is 11.5. The Balaban J connectivity index is 1.41. The zero-order valence-electron chi connectivity index (χ0n) is 18.4. The van der Waals surface area contributed by atoms with Crippen LogP contribution in [0.4, 0.5) is 17.1 Å². The average Bonchev–Trinajstić information content (AvgIpc) is 2.90. The molecule has 0 spiro atoms. The number of hydrogen-bond acceptors (Lipinski definition) is 3. The molecule has 0 bridgehead atoms. The van der Waals surface area contributed by atoms with Crippen molar-refractivity contribution in [2.24, 2.45) is 0 Å². The number of para-hydroxylation sites is 3. The lowest BCUT2D eigenvalue weighted by molar-refractivity contribution is 0.464. The van der Waals surface area contributed by atoms with Gasteiger partial charge in [-0.15, -0.1) is 0 Å². The van der Waals surface area contributed by atoms with E-state index in [2.05, 4.69) is 83.8 Å². The van der Waals surface area contributed by atoms with Crippen LogP contribution in [0.2, 0.25) is 0 Å². The second kappa shape index (κ2) is 7.56. The summed E-state index contributed by atoms with van der Waals surface area (Å²) >= 11 is 0. The lowest BCUT2D eigenvalue weighted by Gasteiger charge is -2.33. The molecule has 0 radical (unpaired) electrons. The molecule has 3 nitrogen and oxygen atoms in total. The Kier molecular flexibility index (Phi) is 4.24. The van der Waals surface area contributed by atoms with Crippen LogP contribution in [-0.4, -0.2) is 6.71 Å². The molecule has 2 aliphatic rings. The first kappa shape index (κ1) is 19.1. The molecule has 0 amide bonds. The van der Waals surface area contributed by atoms with E-state index >= 15 is 0 Å². The maximum Gasteiger partial charge on any atom is 0.260 e. The van der Waals surface area contributed by atoms with E-state index in [1.54, 1.807) is 0 Å². The van der Waals surface area contributed by atoms with Gasteiger partial charge in [0.05, 0.1) is 0 Å². The Labute approximate surface area is 198 Å². The minimum Gasteiger partial charge on any atom is -0.458 e. The van der Waals surface area contributed by atoms with Gasteiger partial charge in [0, 0.05) is 28.6 Å². The van der Waals surface area contributed by atoms with Gasteiger partial charge < -0.3 is 14.4 Å². The minimum absolute atomic E-state index is 0.0795. The molecule has 160 valence electrons. The topological polar surface area (TPSA) is 21.7 Å². The van der Waals surface area contributed by atoms with Crippen LogP contribution in [0.5, 0.6) is 23.0 Å². The van der Waals surface area contributed by atoms with Gasteiger partial charge in [0.15, 0.2) is 0 Å². The van der Waals surface area contributed by atoms with Crippen molar-refractivity contribution < 1.29 is 9.47 Å². The van der Waals surface area contributed by atoms with Crippen LogP contribution in [0.3, 0.4) is 0 Å². The third-order valence-corrected chi connectivity index (χ3v) is 6.58. The number of nitrogens with zero attached hydrogens (tertiary/aromatic N) is 1. The van der Waals surface area contributed by atoms with Crippen LogP contribution >= 0.6 is 0 Å². The average molecular weight is 437 g/mol. The highest BCUT2D eigenvalue weighted by atomic mass is 16.5. The van der Waals surface area contributed by atoms with E-state index in [1.807, 2.05) is 42.5 Å². The Hall–Kier alpha value is -4.44. The van der Waals surface area contributed by atoms with Gasteiger partial charge in [-0.3, -0.25) is 0 Å². The Morgan fingerprint density at radius 1 is 0.441 bits per heavy atom. The molecular weight excluding hydrogens is 417 g/mol. The van der Waals surface area contributed by atoms with Crippen molar-refractivity contribution >= 4 is 40.2 Å². The predicted octanol–water partition coefficient (Wildman–Crippen LogP) is 5.88. The molecule has 7 rings (SSSR count). The Morgan fingerprint density at radius 2 is 1.00 bits per heavy atom. The fourth-order valence-electron chi connectivity index (χ4n) is 5.10. The molecule has 0 N–H and O–H groups in total. The van der Waals surface area contributed by atoms with Gasteiger partial charge in [0.1, 0.15) is 23.0 Å². The fraction of sp³-hybridized carbons (Fsp3) is 0. The molecule has 2 heterocycles. The van der Waals surface area contributed by atoms with Crippen molar-refractivity contribution in [2.45, 2.75) is 0 Å². The minimum atomic E-state index is 0.0795. The van der Waals surface area contributed by atoms with E-state index in [9.17, 15) is 0 Å². The molecule has 0 unspecified atom stereocenters. The third kappa shape index (κ3) is 2.92. The van der Waals surface area contributed by atoms with Crippen molar-refractivity contribution in [2.75, 3.05) is 4.90 Å². The van der Waals surface area contributed by atoms with E-state index in [4.69, 9.17) is 9.47 Å². The summed E-state index contributed by atoms with van der Waals surface area (Å²) in [7, 11) is 0. The molecule has 0 atom stereocenters. The number of rotatable bonds is 3. The molecule has 2 aliphatic heterocycles. The maximum absolute atomic E-state index is 6.50. The lowest BCUT2D eigenvalue weighted by Crippen LogP contribution is -2.57. The second-order valence-corrected chi connectivity index (χ2v) is 8.57. The third-order valence-electron chi connectivity index (χ3n) is 6.58. The molecule has 5 aromatic carbocycles. The van der Waals surface area contributed by atoms with Crippen LogP contribution in [0, 0.1) is 0 Å². The summed E-state index contributed by atoms with van der Waals surface area (Å²) in [5.41, 5.74) is 6.68. The van der Waals surface area contributed by atoms with Crippen molar-refractivity contribution in [1.82, 2.24) is 0 Å². The number of benzene rings is 5. The smallest absolute Gasteiger partial charge is 0.260 e. The highest BCUT2D eigenvalue weighted by Crippen LogP contribution is 2.39. The summed E-state index contributed by atoms with van der Waals surface area (Å²) in [4.78, 5) is 2.26. The lowest BCUT2D eigenvalue weighted by atomic mass is 9.35. The van der Waals surface area contributed by atoms with Crippen LogP contribution < -0.4 is 30.8 Å². The van der Waals surface area contributed by atoms with Crippen LogP contribution in [-0.2, 0) is 0 Å². The van der Waals surface area contributed by atoms with E-state index in [-0.39, 0.29) is 6.71 Å². The summed E-state index contributed by atoms with van der Waals surface area (Å²) in [6.45, 7) is 0.0795. The molecule has 4 heteroatoms. The SMILES string of the molecule is c1ccc(N(c2ccccc2)c2ccc3c(c2)Oc2cccc4c2B3c2ccccc2O4)cc1. The normalized spacial score (nSPS) is 12.5. The van der Waals surface area contributed by atoms with Crippen molar-refractivity contribution in [1.29, 1.82) is 0 Å². The van der Waals surface area contributed by atoms with E-state index < -0.39 is 0 Å². The van der Waals surface area contributed by atoms with Gasteiger partial charge in [-0.1, -0.05) is 66.7 Å². The quantitative estimate of drug-likeness (QED) is 0.322. The summed E-state index contributed by atoms with van der Waals surface area (Å²) in [5.74, 6) is 3.50. The monoisotopic (exact) mass is 437 g/mol. The highest BCUT2D eigenvalue weighted by Gasteiger charge is 2.39. The zero-order chi connectivity index (χ0) is 22.5. The molecule has 0 aliphatic carbocycles. The van der Waals surface area contributed by atoms with E-state index in [1.165, 1.54) is 5.46 Å². The van der Waals surface area contributed by atoms with E-state index in [0.29, 0.717) is 0 Å². The van der Waals surface area contributed by atoms with Crippen LogP contribution in [0.25, 0.3) is 0 Å². The molecule has 34 heavy (non-hydrogen) atoms. The van der Waals surface area contributed by atoms with Gasteiger partial charge in [-0.05, 0) is 59.5 Å². The zero-order valence-corrected chi connectivity index (χ0v) is 18.4. The molecule has 0 saturated heterocycles. The second-order valence-electron chi connectivity index (χ2n) is 8.57. The van der Waals surface area contributed by atoms with Crippen molar-refractivity contribution in [3.63, 3.8) is 0 Å². The van der Waals surface area contributed by atoms with Crippen LogP contribution in [0.15, 0.2) is 121 Å². The summed E-state index contributed by atoms with van der Waals surface area (Å²) in [6.07, 6.45) is 0. The summed E-state index contributed by atoms with van der Waals surface area (Å²) < 4.78 is 12.7. The summed E-state index contributed by atoms with van der Waals surface area (Å²) in [6, 6.07) is 41.8.